The Balaban J connectivity index is 2.58. The van der Waals surface area contributed by atoms with Gasteiger partial charge in [0.15, 0.2) is 0 Å². The van der Waals surface area contributed by atoms with Gasteiger partial charge >= 0.3 is 5.97 Å². The summed E-state index contributed by atoms with van der Waals surface area (Å²) >= 11 is 0. The van der Waals surface area contributed by atoms with Crippen molar-refractivity contribution in [1.82, 2.24) is 0 Å². The van der Waals surface area contributed by atoms with Gasteiger partial charge in [-0.2, -0.15) is 0 Å². The molecule has 0 saturated heterocycles. The zero-order valence-corrected chi connectivity index (χ0v) is 16.1. The Morgan fingerprint density at radius 1 is 1.27 bits per heavy atom. The number of ketones is 1. The molecular formula is C21H34O5. The van der Waals surface area contributed by atoms with Crippen molar-refractivity contribution in [1.29, 1.82) is 0 Å². The molecule has 1 unspecified atom stereocenters. The highest BCUT2D eigenvalue weighted by molar-refractivity contribution is 5.86. The van der Waals surface area contributed by atoms with Crippen molar-refractivity contribution in [2.24, 2.45) is 11.8 Å². The highest BCUT2D eigenvalue weighted by atomic mass is 16.4. The lowest BCUT2D eigenvalue weighted by atomic mass is 9.88. The lowest BCUT2D eigenvalue weighted by molar-refractivity contribution is -0.137. The van der Waals surface area contributed by atoms with Crippen LogP contribution in [0.25, 0.3) is 0 Å². The molecule has 148 valence electrons. The Kier molecular flexibility index (Phi) is 9.81. The lowest BCUT2D eigenvalue weighted by Gasteiger charge is -2.21. The van der Waals surface area contributed by atoms with E-state index in [0.29, 0.717) is 25.7 Å². The maximum atomic E-state index is 12.2. The van der Waals surface area contributed by atoms with Crippen molar-refractivity contribution in [3.05, 3.63) is 24.3 Å². The molecule has 1 aliphatic carbocycles. The largest absolute Gasteiger partial charge is 0.481 e. The molecule has 1 fully saturated rings. The molecule has 4 atom stereocenters. The molecule has 0 spiro atoms. The molecule has 1 rings (SSSR count). The van der Waals surface area contributed by atoms with Crippen LogP contribution in [-0.4, -0.2) is 38.8 Å². The predicted octanol–water partition coefficient (Wildman–Crippen LogP) is 3.64. The van der Waals surface area contributed by atoms with Crippen molar-refractivity contribution in [2.75, 3.05) is 0 Å². The molecule has 0 aromatic carbocycles. The normalized spacial score (nSPS) is 26.0. The number of aliphatic hydroxyl groups is 2. The van der Waals surface area contributed by atoms with Crippen LogP contribution in [-0.2, 0) is 9.59 Å². The minimum Gasteiger partial charge on any atom is -0.481 e. The zero-order valence-electron chi connectivity index (χ0n) is 16.1. The number of hydrogen-bond donors (Lipinski definition) is 3. The number of unbranched alkanes of at least 4 members (excludes halogenated alkanes) is 3. The van der Waals surface area contributed by atoms with Crippen molar-refractivity contribution >= 4 is 11.8 Å². The molecular weight excluding hydrogens is 332 g/mol. The average molecular weight is 366 g/mol. The first-order chi connectivity index (χ1) is 12.3. The van der Waals surface area contributed by atoms with Crippen molar-refractivity contribution in [3.63, 3.8) is 0 Å². The second kappa shape index (κ2) is 11.3. The fourth-order valence-electron chi connectivity index (χ4n) is 3.39. The number of allylic oxidation sites excluding steroid dienone is 3. The summed E-state index contributed by atoms with van der Waals surface area (Å²) in [4.78, 5) is 22.7. The van der Waals surface area contributed by atoms with Crippen molar-refractivity contribution < 1.29 is 24.9 Å². The van der Waals surface area contributed by atoms with E-state index >= 15 is 0 Å². The molecule has 3 N–H and O–H groups in total. The average Bonchev–Trinajstić information content (AvgIpc) is 2.82. The van der Waals surface area contributed by atoms with Crippen LogP contribution in [0, 0.1) is 11.8 Å². The molecule has 0 aromatic rings. The predicted molar refractivity (Wildman–Crippen MR) is 102 cm³/mol. The van der Waals surface area contributed by atoms with E-state index in [1.165, 1.54) is 0 Å². The van der Waals surface area contributed by atoms with E-state index in [1.54, 1.807) is 19.1 Å². The zero-order chi connectivity index (χ0) is 19.6. The third-order valence-corrected chi connectivity index (χ3v) is 5.02. The molecule has 5 nitrogen and oxygen atoms in total. The van der Waals surface area contributed by atoms with E-state index < -0.39 is 17.7 Å². The van der Waals surface area contributed by atoms with Crippen LogP contribution in [0.1, 0.15) is 71.6 Å². The Hall–Kier alpha value is -1.46. The van der Waals surface area contributed by atoms with Crippen LogP contribution in [0.4, 0.5) is 0 Å². The van der Waals surface area contributed by atoms with Gasteiger partial charge in [0.2, 0.25) is 0 Å². The van der Waals surface area contributed by atoms with Gasteiger partial charge in [-0.05, 0) is 32.6 Å². The SMILES string of the molecule is CCCCC[C@@](C)(O)/C=C/C1C(=O)C[C@H](O)[C@@H]1C/C=C\CCCC(=O)O. The van der Waals surface area contributed by atoms with Gasteiger partial charge in [-0.15, -0.1) is 0 Å². The molecule has 0 aromatic heterocycles. The second-order valence-corrected chi connectivity index (χ2v) is 7.59. The first-order valence-electron chi connectivity index (χ1n) is 9.76. The smallest absolute Gasteiger partial charge is 0.303 e. The molecule has 0 aliphatic heterocycles. The van der Waals surface area contributed by atoms with Gasteiger partial charge in [0.05, 0.1) is 11.7 Å². The Labute approximate surface area is 156 Å². The topological polar surface area (TPSA) is 94.8 Å². The molecule has 1 aliphatic rings. The quantitative estimate of drug-likeness (QED) is 0.362. The Bertz CT molecular complexity index is 507. The van der Waals surface area contributed by atoms with Crippen molar-refractivity contribution in [3.8, 4) is 0 Å². The van der Waals surface area contributed by atoms with Crippen molar-refractivity contribution in [2.45, 2.75) is 83.3 Å². The van der Waals surface area contributed by atoms with Gasteiger partial charge in [0.25, 0.3) is 0 Å². The van der Waals surface area contributed by atoms with E-state index in [0.717, 1.165) is 19.3 Å². The Morgan fingerprint density at radius 3 is 2.65 bits per heavy atom. The van der Waals surface area contributed by atoms with Crippen LogP contribution in [0.3, 0.4) is 0 Å². The number of carboxylic acids is 1. The van der Waals surface area contributed by atoms with Crippen LogP contribution in [0.2, 0.25) is 0 Å². The summed E-state index contributed by atoms with van der Waals surface area (Å²) in [6.45, 7) is 3.87. The third-order valence-electron chi connectivity index (χ3n) is 5.02. The van der Waals surface area contributed by atoms with Crippen LogP contribution < -0.4 is 0 Å². The third kappa shape index (κ3) is 8.28. The molecule has 0 radical (unpaired) electrons. The summed E-state index contributed by atoms with van der Waals surface area (Å²) in [6.07, 6.45) is 12.6. The number of hydrogen-bond acceptors (Lipinski definition) is 4. The number of carbonyl (C=O) groups excluding carboxylic acids is 1. The van der Waals surface area contributed by atoms with Gasteiger partial charge in [-0.25, -0.2) is 0 Å². The summed E-state index contributed by atoms with van der Waals surface area (Å²) < 4.78 is 0. The van der Waals surface area contributed by atoms with E-state index in [1.807, 2.05) is 12.2 Å². The van der Waals surface area contributed by atoms with E-state index in [9.17, 15) is 19.8 Å². The van der Waals surface area contributed by atoms with Gasteiger partial charge < -0.3 is 15.3 Å². The van der Waals surface area contributed by atoms with E-state index in [4.69, 9.17) is 5.11 Å². The number of Topliss-reactive ketones (excluding diaryl/α,β-unsaturated/α-hetero) is 1. The molecule has 5 heteroatoms. The van der Waals surface area contributed by atoms with Gasteiger partial charge in [-0.3, -0.25) is 9.59 Å². The first-order valence-corrected chi connectivity index (χ1v) is 9.76. The van der Waals surface area contributed by atoms with Crippen LogP contribution in [0.5, 0.6) is 0 Å². The van der Waals surface area contributed by atoms with Crippen LogP contribution in [0.15, 0.2) is 24.3 Å². The van der Waals surface area contributed by atoms with Gasteiger partial charge in [-0.1, -0.05) is 50.5 Å². The Morgan fingerprint density at radius 2 is 2.00 bits per heavy atom. The summed E-state index contributed by atoms with van der Waals surface area (Å²) in [5, 5.41) is 29.2. The molecule has 26 heavy (non-hydrogen) atoms. The summed E-state index contributed by atoms with van der Waals surface area (Å²) in [6, 6.07) is 0. The monoisotopic (exact) mass is 366 g/mol. The first kappa shape index (κ1) is 22.6. The summed E-state index contributed by atoms with van der Waals surface area (Å²) in [5.74, 6) is -1.33. The van der Waals surface area contributed by atoms with Crippen LogP contribution >= 0.6 is 0 Å². The number of aliphatic hydroxyl groups excluding tert-OH is 1. The number of aliphatic carboxylic acids is 1. The van der Waals surface area contributed by atoms with Gasteiger partial charge in [0.1, 0.15) is 5.78 Å². The molecule has 1 saturated carbocycles. The number of carbonyl (C=O) groups is 2. The number of rotatable bonds is 12. The summed E-state index contributed by atoms with van der Waals surface area (Å²) in [7, 11) is 0. The maximum Gasteiger partial charge on any atom is 0.303 e. The maximum absolute atomic E-state index is 12.2. The standard InChI is InChI=1S/C21H34O5/c1-3-4-9-13-21(2,26)14-12-17-16(18(22)15-19(17)23)10-7-5-6-8-11-20(24)25/h5,7,12,14,16-18,22,26H,3-4,6,8-11,13,15H2,1-2H3,(H,24,25)/b7-5-,14-12+/t16-,17?,18+,21-/m1/s1. The van der Waals surface area contributed by atoms with Gasteiger partial charge in [0, 0.05) is 24.7 Å². The highest BCUT2D eigenvalue weighted by Gasteiger charge is 2.39. The molecule has 0 amide bonds. The number of carboxylic acid groups (broad SMARTS) is 1. The highest BCUT2D eigenvalue weighted by Crippen LogP contribution is 2.34. The van der Waals surface area contributed by atoms with E-state index in [-0.39, 0.29) is 30.5 Å². The minimum atomic E-state index is -0.930. The fraction of sp³-hybridized carbons (Fsp3) is 0.714. The second-order valence-electron chi connectivity index (χ2n) is 7.59. The lowest BCUT2D eigenvalue weighted by Crippen LogP contribution is -2.23. The summed E-state index contributed by atoms with van der Waals surface area (Å²) in [5.41, 5.74) is -0.930. The fourth-order valence-corrected chi connectivity index (χ4v) is 3.39. The van der Waals surface area contributed by atoms with E-state index in [2.05, 4.69) is 6.92 Å². The molecule has 0 heterocycles. The molecule has 0 bridgehead atoms. The minimum absolute atomic E-state index is 0.0161.